The second kappa shape index (κ2) is 9.08. The summed E-state index contributed by atoms with van der Waals surface area (Å²) in [6.45, 7) is 7.28. The van der Waals surface area contributed by atoms with Crippen LogP contribution in [0.15, 0.2) is 53.3 Å². The predicted octanol–water partition coefficient (Wildman–Crippen LogP) is 3.45. The molecule has 1 aromatic heterocycles. The van der Waals surface area contributed by atoms with E-state index in [0.717, 1.165) is 5.69 Å². The van der Waals surface area contributed by atoms with Crippen LogP contribution in [0.2, 0.25) is 5.02 Å². The van der Waals surface area contributed by atoms with Crippen molar-refractivity contribution in [2.75, 3.05) is 32.7 Å². The molecule has 2 amide bonds. The second-order valence-electron chi connectivity index (χ2n) is 7.64. The Morgan fingerprint density at radius 2 is 1.77 bits per heavy atom. The highest BCUT2D eigenvalue weighted by Gasteiger charge is 2.28. The summed E-state index contributed by atoms with van der Waals surface area (Å²) < 4.78 is 1.68. The standard InChI is InChI=1S/C23H26ClN5O2/c1-3-25-23(31)28-14-12-27(13-15-28)16(2)21-26-20-7-5-4-6-19(20)22(30)29(21)18-10-8-17(24)9-11-18/h4-11,16H,3,12-15H2,1-2H3,(H,25,31). The number of piperazine rings is 1. The molecule has 1 N–H and O–H groups in total. The van der Waals surface area contributed by atoms with Gasteiger partial charge in [0.2, 0.25) is 0 Å². The van der Waals surface area contributed by atoms with Crippen LogP contribution < -0.4 is 10.9 Å². The zero-order valence-electron chi connectivity index (χ0n) is 17.7. The first-order valence-electron chi connectivity index (χ1n) is 10.5. The SMILES string of the molecule is CCNC(=O)N1CCN(C(C)c2nc3ccccc3c(=O)n2-c2ccc(Cl)cc2)CC1. The van der Waals surface area contributed by atoms with Crippen molar-refractivity contribution >= 4 is 28.5 Å². The van der Waals surface area contributed by atoms with Crippen molar-refractivity contribution in [2.45, 2.75) is 19.9 Å². The molecule has 1 aliphatic rings. The lowest BCUT2D eigenvalue weighted by molar-refractivity contribution is 0.110. The third kappa shape index (κ3) is 4.29. The summed E-state index contributed by atoms with van der Waals surface area (Å²) in [7, 11) is 0. The fraction of sp³-hybridized carbons (Fsp3) is 0.348. The van der Waals surface area contributed by atoms with Gasteiger partial charge in [-0.2, -0.15) is 0 Å². The maximum atomic E-state index is 13.4. The van der Waals surface area contributed by atoms with Crippen LogP contribution in [0.25, 0.3) is 16.6 Å². The average molecular weight is 440 g/mol. The summed E-state index contributed by atoms with van der Waals surface area (Å²) in [4.78, 5) is 34.6. The third-order valence-electron chi connectivity index (χ3n) is 5.74. The number of benzene rings is 2. The first kappa shape index (κ1) is 21.3. The zero-order valence-corrected chi connectivity index (χ0v) is 18.5. The molecule has 7 nitrogen and oxygen atoms in total. The second-order valence-corrected chi connectivity index (χ2v) is 8.08. The number of para-hydroxylation sites is 1. The molecule has 162 valence electrons. The van der Waals surface area contributed by atoms with E-state index in [-0.39, 0.29) is 17.6 Å². The maximum absolute atomic E-state index is 13.4. The first-order valence-corrected chi connectivity index (χ1v) is 10.9. The Hall–Kier alpha value is -2.90. The summed E-state index contributed by atoms with van der Waals surface area (Å²) in [6, 6.07) is 14.5. The van der Waals surface area contributed by atoms with Gasteiger partial charge in [-0.15, -0.1) is 0 Å². The Labute approximate surface area is 186 Å². The molecule has 1 unspecified atom stereocenters. The molecule has 0 radical (unpaired) electrons. The normalized spacial score (nSPS) is 15.8. The van der Waals surface area contributed by atoms with E-state index >= 15 is 0 Å². The molecule has 0 saturated carbocycles. The van der Waals surface area contributed by atoms with Crippen LogP contribution in [0.5, 0.6) is 0 Å². The first-order chi connectivity index (χ1) is 15.0. The molecule has 3 aromatic rings. The Bertz CT molecular complexity index is 1140. The van der Waals surface area contributed by atoms with Crippen molar-refractivity contribution in [2.24, 2.45) is 0 Å². The number of urea groups is 1. The summed E-state index contributed by atoms with van der Waals surface area (Å²) in [5, 5.41) is 4.04. The van der Waals surface area contributed by atoms with Gasteiger partial charge in [0.25, 0.3) is 5.56 Å². The van der Waals surface area contributed by atoms with E-state index in [1.165, 1.54) is 0 Å². The topological polar surface area (TPSA) is 70.5 Å². The molecule has 1 fully saturated rings. The predicted molar refractivity (Wildman–Crippen MR) is 123 cm³/mol. The monoisotopic (exact) mass is 439 g/mol. The van der Waals surface area contributed by atoms with E-state index < -0.39 is 0 Å². The quantitative estimate of drug-likeness (QED) is 0.676. The van der Waals surface area contributed by atoms with Gasteiger partial charge in [-0.1, -0.05) is 23.7 Å². The van der Waals surface area contributed by atoms with Crippen LogP contribution in [-0.4, -0.2) is 58.1 Å². The van der Waals surface area contributed by atoms with Crippen LogP contribution in [0, 0.1) is 0 Å². The Kier molecular flexibility index (Phi) is 6.25. The number of carbonyl (C=O) groups excluding carboxylic acids is 1. The molecule has 1 saturated heterocycles. The summed E-state index contributed by atoms with van der Waals surface area (Å²) >= 11 is 6.07. The van der Waals surface area contributed by atoms with Gasteiger partial charge in [0.1, 0.15) is 5.82 Å². The number of fused-ring (bicyclic) bond motifs is 1. The van der Waals surface area contributed by atoms with E-state index in [1.54, 1.807) is 22.8 Å². The highest BCUT2D eigenvalue weighted by atomic mass is 35.5. The summed E-state index contributed by atoms with van der Waals surface area (Å²) in [6.07, 6.45) is 0. The molecule has 0 aliphatic carbocycles. The fourth-order valence-electron chi connectivity index (χ4n) is 4.01. The molecule has 8 heteroatoms. The third-order valence-corrected chi connectivity index (χ3v) is 5.99. The van der Waals surface area contributed by atoms with E-state index in [1.807, 2.05) is 42.2 Å². The zero-order chi connectivity index (χ0) is 22.0. The number of hydrogen-bond acceptors (Lipinski definition) is 4. The molecule has 0 spiro atoms. The van der Waals surface area contributed by atoms with Gasteiger partial charge >= 0.3 is 6.03 Å². The lowest BCUT2D eigenvalue weighted by Gasteiger charge is -2.38. The van der Waals surface area contributed by atoms with Gasteiger partial charge in [-0.25, -0.2) is 9.78 Å². The number of rotatable bonds is 4. The Morgan fingerprint density at radius 3 is 2.45 bits per heavy atom. The van der Waals surface area contributed by atoms with Crippen LogP contribution in [-0.2, 0) is 0 Å². The van der Waals surface area contributed by atoms with Crippen molar-refractivity contribution in [3.05, 3.63) is 69.7 Å². The summed E-state index contributed by atoms with van der Waals surface area (Å²) in [5.74, 6) is 0.678. The minimum Gasteiger partial charge on any atom is -0.338 e. The Morgan fingerprint density at radius 1 is 1.10 bits per heavy atom. The van der Waals surface area contributed by atoms with Crippen molar-refractivity contribution < 1.29 is 4.79 Å². The number of nitrogens with one attached hydrogen (secondary N) is 1. The van der Waals surface area contributed by atoms with Crippen molar-refractivity contribution in [1.82, 2.24) is 24.7 Å². The van der Waals surface area contributed by atoms with Gasteiger partial charge in [-0.05, 0) is 50.2 Å². The molecular weight excluding hydrogens is 414 g/mol. The van der Waals surface area contributed by atoms with E-state index in [2.05, 4.69) is 17.1 Å². The van der Waals surface area contributed by atoms with Gasteiger partial charge in [0.05, 0.1) is 22.6 Å². The molecule has 0 bridgehead atoms. The van der Waals surface area contributed by atoms with Crippen molar-refractivity contribution in [3.8, 4) is 5.69 Å². The van der Waals surface area contributed by atoms with Crippen LogP contribution in [0.3, 0.4) is 0 Å². The van der Waals surface area contributed by atoms with E-state index in [0.29, 0.717) is 54.5 Å². The van der Waals surface area contributed by atoms with Crippen LogP contribution in [0.1, 0.15) is 25.7 Å². The van der Waals surface area contributed by atoms with Gasteiger partial charge in [-0.3, -0.25) is 14.3 Å². The minimum absolute atomic E-state index is 0.0308. The van der Waals surface area contributed by atoms with Gasteiger partial charge in [0, 0.05) is 37.7 Å². The highest BCUT2D eigenvalue weighted by molar-refractivity contribution is 6.30. The molecule has 31 heavy (non-hydrogen) atoms. The average Bonchev–Trinajstić information content (AvgIpc) is 2.79. The van der Waals surface area contributed by atoms with Crippen molar-refractivity contribution in [3.63, 3.8) is 0 Å². The van der Waals surface area contributed by atoms with Gasteiger partial charge < -0.3 is 10.2 Å². The number of halogens is 1. The van der Waals surface area contributed by atoms with E-state index in [9.17, 15) is 9.59 Å². The van der Waals surface area contributed by atoms with Gasteiger partial charge in [0.15, 0.2) is 0 Å². The highest BCUT2D eigenvalue weighted by Crippen LogP contribution is 2.24. The summed E-state index contributed by atoms with van der Waals surface area (Å²) in [5.41, 5.74) is 1.31. The lowest BCUT2D eigenvalue weighted by Crippen LogP contribution is -2.52. The minimum atomic E-state index is -0.107. The molecule has 1 atom stereocenters. The number of amides is 2. The largest absolute Gasteiger partial charge is 0.338 e. The molecule has 2 aromatic carbocycles. The van der Waals surface area contributed by atoms with Crippen LogP contribution in [0.4, 0.5) is 4.79 Å². The lowest BCUT2D eigenvalue weighted by atomic mass is 10.1. The fourth-order valence-corrected chi connectivity index (χ4v) is 4.13. The number of nitrogens with zero attached hydrogens (tertiary/aromatic N) is 4. The molecular formula is C23H26ClN5O2. The van der Waals surface area contributed by atoms with Crippen LogP contribution >= 0.6 is 11.6 Å². The number of carbonyl (C=O) groups is 1. The smallest absolute Gasteiger partial charge is 0.317 e. The maximum Gasteiger partial charge on any atom is 0.317 e. The van der Waals surface area contributed by atoms with Crippen molar-refractivity contribution in [1.29, 1.82) is 0 Å². The Balaban J connectivity index is 1.71. The number of hydrogen-bond donors (Lipinski definition) is 1. The molecule has 1 aliphatic heterocycles. The molecule has 2 heterocycles. The van der Waals surface area contributed by atoms with E-state index in [4.69, 9.17) is 16.6 Å². The number of aromatic nitrogens is 2. The molecule has 4 rings (SSSR count).